The zero-order valence-electron chi connectivity index (χ0n) is 22.5. The fourth-order valence-electron chi connectivity index (χ4n) is 5.58. The van der Waals surface area contributed by atoms with Crippen molar-refractivity contribution in [2.24, 2.45) is 0 Å². The lowest BCUT2D eigenvalue weighted by atomic mass is 10.00. The molecule has 2 atom stereocenters. The molecule has 0 aliphatic carbocycles. The summed E-state index contributed by atoms with van der Waals surface area (Å²) in [6.45, 7) is 0.952. The number of benzene rings is 3. The monoisotopic (exact) mass is 570 g/mol. The molecule has 3 aromatic carbocycles. The molecular weight excluding hydrogens is 540 g/mol. The molecule has 3 heterocycles. The molecule has 0 spiro atoms. The molecule has 11 heteroatoms. The van der Waals surface area contributed by atoms with E-state index in [1.54, 1.807) is 51.6 Å². The molecule has 2 N–H and O–H groups in total. The van der Waals surface area contributed by atoms with Gasteiger partial charge in [0, 0.05) is 26.6 Å². The number of urea groups is 1. The van der Waals surface area contributed by atoms with E-state index in [2.05, 4.69) is 10.3 Å². The van der Waals surface area contributed by atoms with E-state index < -0.39 is 12.2 Å². The van der Waals surface area contributed by atoms with Crippen molar-refractivity contribution in [3.05, 3.63) is 95.0 Å². The summed E-state index contributed by atoms with van der Waals surface area (Å²) in [6, 6.07) is 21.1. The van der Waals surface area contributed by atoms with Gasteiger partial charge in [0.05, 0.1) is 28.8 Å². The number of amides is 4. The van der Waals surface area contributed by atoms with Crippen LogP contribution < -0.4 is 5.32 Å². The first-order valence-corrected chi connectivity index (χ1v) is 14.3. The summed E-state index contributed by atoms with van der Waals surface area (Å²) >= 11 is 1.53. The van der Waals surface area contributed by atoms with E-state index in [9.17, 15) is 19.5 Å². The first kappa shape index (κ1) is 26.7. The number of fused-ring (bicyclic) bond motifs is 2. The number of hydrogen-bond donors (Lipinski definition) is 2. The van der Waals surface area contributed by atoms with Crippen LogP contribution in [0.25, 0.3) is 10.2 Å². The van der Waals surface area contributed by atoms with Crippen molar-refractivity contribution >= 4 is 39.4 Å². The van der Waals surface area contributed by atoms with Crippen LogP contribution in [0.5, 0.6) is 5.75 Å². The van der Waals surface area contributed by atoms with Gasteiger partial charge >= 0.3 is 6.03 Å². The number of phenols is 1. The third-order valence-electron chi connectivity index (χ3n) is 7.70. The van der Waals surface area contributed by atoms with Gasteiger partial charge in [0.1, 0.15) is 18.0 Å². The summed E-state index contributed by atoms with van der Waals surface area (Å²) < 4.78 is 1.02. The van der Waals surface area contributed by atoms with Crippen LogP contribution in [-0.4, -0.2) is 80.1 Å². The Balaban J connectivity index is 1.28. The van der Waals surface area contributed by atoms with Gasteiger partial charge in [-0.25, -0.2) is 9.78 Å². The maximum absolute atomic E-state index is 14.0. The van der Waals surface area contributed by atoms with Crippen molar-refractivity contribution < 1.29 is 19.5 Å². The second-order valence-electron chi connectivity index (χ2n) is 10.3. The number of aromatic nitrogens is 1. The van der Waals surface area contributed by atoms with Crippen molar-refractivity contribution in [1.29, 1.82) is 0 Å². The molecule has 2 aliphatic rings. The number of piperazine rings is 1. The predicted octanol–water partition coefficient (Wildman–Crippen LogP) is 3.18. The normalized spacial score (nSPS) is 19.0. The second kappa shape index (κ2) is 11.2. The van der Waals surface area contributed by atoms with E-state index in [-0.39, 0.29) is 36.7 Å². The van der Waals surface area contributed by atoms with Crippen LogP contribution in [0.1, 0.15) is 16.7 Å². The number of nitrogens with one attached hydrogen (secondary N) is 1. The maximum atomic E-state index is 14.0. The minimum Gasteiger partial charge on any atom is -0.508 e. The molecule has 0 radical (unpaired) electrons. The Hall–Kier alpha value is -4.48. The number of hydrogen-bond acceptors (Lipinski definition) is 7. The summed E-state index contributed by atoms with van der Waals surface area (Å²) in [4.78, 5) is 48.4. The molecule has 6 rings (SSSR count). The van der Waals surface area contributed by atoms with Crippen molar-refractivity contribution in [3.63, 3.8) is 0 Å². The second-order valence-corrected chi connectivity index (χ2v) is 11.1. The third kappa shape index (κ3) is 5.33. The standard InChI is InChI=1S/C30H30N6O4S/c1-33(30(40)31-15-21-6-3-2-4-7-21)35-18-27(38)36-25(14-20-10-12-23(37)13-11-20)29(39)34(17-26(35)36)16-22-8-5-9-24-28(22)41-19-32-24/h2-13,19,25-26,37H,14-18H2,1H3,(H,31,40)/t25-,26+/m0/s1. The van der Waals surface area contributed by atoms with Crippen molar-refractivity contribution in [3.8, 4) is 5.75 Å². The quantitative estimate of drug-likeness (QED) is 0.353. The molecule has 210 valence electrons. The van der Waals surface area contributed by atoms with Gasteiger partial charge in [-0.2, -0.15) is 5.01 Å². The van der Waals surface area contributed by atoms with E-state index in [1.807, 2.05) is 48.5 Å². The Morgan fingerprint density at radius 3 is 2.61 bits per heavy atom. The van der Waals surface area contributed by atoms with Gasteiger partial charge in [-0.05, 0) is 34.9 Å². The number of phenolic OH excluding ortho intramolecular Hbond substituents is 1. The lowest BCUT2D eigenvalue weighted by Gasteiger charge is -2.45. The summed E-state index contributed by atoms with van der Waals surface area (Å²) in [5, 5.41) is 15.9. The Bertz CT molecular complexity index is 1580. The number of carbonyl (C=O) groups is 3. The molecule has 41 heavy (non-hydrogen) atoms. The average molecular weight is 571 g/mol. The van der Waals surface area contributed by atoms with Crippen LogP contribution in [0.4, 0.5) is 4.79 Å². The number of hydrazine groups is 1. The molecule has 10 nitrogen and oxygen atoms in total. The summed E-state index contributed by atoms with van der Waals surface area (Å²) in [5.41, 5.74) is 5.45. The van der Waals surface area contributed by atoms with Crippen LogP contribution in [0, 0.1) is 0 Å². The SMILES string of the molecule is CN(C(=O)NCc1ccccc1)N1CC(=O)N2[C@@H](Cc3ccc(O)cc3)C(=O)N(Cc3cccc4ncsc34)C[C@@H]21. The maximum Gasteiger partial charge on any atom is 0.332 e. The molecule has 1 aromatic heterocycles. The lowest BCUT2D eigenvalue weighted by molar-refractivity contribution is -0.157. The Labute approximate surface area is 241 Å². The van der Waals surface area contributed by atoms with E-state index in [0.29, 0.717) is 19.5 Å². The Morgan fingerprint density at radius 2 is 1.83 bits per heavy atom. The summed E-state index contributed by atoms with van der Waals surface area (Å²) in [5.74, 6) is -0.228. The van der Waals surface area contributed by atoms with Crippen molar-refractivity contribution in [2.45, 2.75) is 31.7 Å². The smallest absolute Gasteiger partial charge is 0.332 e. The van der Waals surface area contributed by atoms with Gasteiger partial charge in [0.15, 0.2) is 0 Å². The molecule has 4 amide bonds. The van der Waals surface area contributed by atoms with Crippen molar-refractivity contribution in [1.82, 2.24) is 30.1 Å². The highest BCUT2D eigenvalue weighted by Crippen LogP contribution is 2.31. The number of aromatic hydroxyl groups is 1. The molecule has 0 saturated carbocycles. The highest BCUT2D eigenvalue weighted by atomic mass is 32.1. The zero-order chi connectivity index (χ0) is 28.5. The fraction of sp³-hybridized carbons (Fsp3) is 0.267. The predicted molar refractivity (Wildman–Crippen MR) is 154 cm³/mol. The molecule has 2 fully saturated rings. The Morgan fingerprint density at radius 1 is 1.05 bits per heavy atom. The average Bonchev–Trinajstić information content (AvgIpc) is 3.60. The first-order chi connectivity index (χ1) is 19.9. The van der Waals surface area contributed by atoms with E-state index >= 15 is 0 Å². The van der Waals surface area contributed by atoms with Crippen LogP contribution in [0.2, 0.25) is 0 Å². The Kier molecular flexibility index (Phi) is 7.29. The number of nitrogens with zero attached hydrogens (tertiary/aromatic N) is 5. The van der Waals surface area contributed by atoms with Crippen LogP contribution in [-0.2, 0) is 29.1 Å². The van der Waals surface area contributed by atoms with Crippen LogP contribution in [0.15, 0.2) is 78.3 Å². The molecule has 4 aromatic rings. The van der Waals surface area contributed by atoms with E-state index in [1.165, 1.54) is 16.3 Å². The van der Waals surface area contributed by atoms with E-state index in [0.717, 1.165) is 26.9 Å². The van der Waals surface area contributed by atoms with Gasteiger partial charge in [0.25, 0.3) is 0 Å². The number of thiazole rings is 1. The minimum absolute atomic E-state index is 0.0163. The van der Waals surface area contributed by atoms with Gasteiger partial charge in [-0.1, -0.05) is 54.6 Å². The largest absolute Gasteiger partial charge is 0.508 e. The van der Waals surface area contributed by atoms with Gasteiger partial charge in [0.2, 0.25) is 11.8 Å². The van der Waals surface area contributed by atoms with Crippen molar-refractivity contribution in [2.75, 3.05) is 20.1 Å². The highest BCUT2D eigenvalue weighted by Gasteiger charge is 2.51. The number of rotatable bonds is 7. The van der Waals surface area contributed by atoms with E-state index in [4.69, 9.17) is 0 Å². The fourth-order valence-corrected chi connectivity index (χ4v) is 6.38. The number of carbonyl (C=O) groups excluding carboxylic acids is 3. The van der Waals surface area contributed by atoms with Gasteiger partial charge < -0.3 is 20.2 Å². The summed E-state index contributed by atoms with van der Waals surface area (Å²) in [7, 11) is 1.64. The third-order valence-corrected chi connectivity index (χ3v) is 8.61. The van der Waals surface area contributed by atoms with Crippen LogP contribution in [0.3, 0.4) is 0 Å². The molecule has 2 saturated heterocycles. The lowest BCUT2D eigenvalue weighted by Crippen LogP contribution is -2.65. The topological polar surface area (TPSA) is 109 Å². The molecule has 0 bridgehead atoms. The first-order valence-electron chi connectivity index (χ1n) is 13.4. The molecule has 2 aliphatic heterocycles. The minimum atomic E-state index is -0.753. The molecular formula is C30H30N6O4S. The van der Waals surface area contributed by atoms with Crippen LogP contribution >= 0.6 is 11.3 Å². The van der Waals surface area contributed by atoms with Gasteiger partial charge in [-0.3, -0.25) is 14.6 Å². The highest BCUT2D eigenvalue weighted by molar-refractivity contribution is 7.16. The zero-order valence-corrected chi connectivity index (χ0v) is 23.3. The molecule has 0 unspecified atom stereocenters. The van der Waals surface area contributed by atoms with Gasteiger partial charge in [-0.15, -0.1) is 11.3 Å². The summed E-state index contributed by atoms with van der Waals surface area (Å²) in [6.07, 6.45) is -0.226.